The van der Waals surface area contributed by atoms with E-state index in [2.05, 4.69) is 26.2 Å². The lowest BCUT2D eigenvalue weighted by Crippen LogP contribution is -2.19. The summed E-state index contributed by atoms with van der Waals surface area (Å²) in [6.07, 6.45) is 4.72. The van der Waals surface area contributed by atoms with Crippen molar-refractivity contribution in [3.05, 3.63) is 62.7 Å². The molecule has 1 aromatic carbocycles. The van der Waals surface area contributed by atoms with Crippen LogP contribution in [0.2, 0.25) is 0 Å². The third kappa shape index (κ3) is 2.96. The Hall–Kier alpha value is -2.74. The van der Waals surface area contributed by atoms with Gasteiger partial charge in [-0.2, -0.15) is 0 Å². The number of pyridine rings is 2. The summed E-state index contributed by atoms with van der Waals surface area (Å²) in [7, 11) is 0. The highest BCUT2D eigenvalue weighted by atomic mass is 79.9. The Kier molecular flexibility index (Phi) is 3.99. The molecule has 0 spiro atoms. The number of nitrogens with one attached hydrogen (secondary N) is 1. The van der Waals surface area contributed by atoms with Gasteiger partial charge in [-0.1, -0.05) is 0 Å². The number of hydrogen-bond acceptors (Lipinski definition) is 4. The molecule has 0 aliphatic heterocycles. The number of aromatic carboxylic acids is 1. The van der Waals surface area contributed by atoms with Crippen LogP contribution in [0.15, 0.2) is 45.9 Å². The lowest BCUT2D eigenvalue weighted by molar-refractivity contribution is 0.0695. The van der Waals surface area contributed by atoms with Gasteiger partial charge in [0.2, 0.25) is 5.43 Å². The highest BCUT2D eigenvalue weighted by Gasteiger charge is 2.27. The van der Waals surface area contributed by atoms with E-state index in [-0.39, 0.29) is 22.7 Å². The molecule has 2 N–H and O–H groups in total. The van der Waals surface area contributed by atoms with Crippen molar-refractivity contribution in [2.24, 2.45) is 0 Å². The van der Waals surface area contributed by atoms with Crippen molar-refractivity contribution in [2.75, 3.05) is 5.32 Å². The summed E-state index contributed by atoms with van der Waals surface area (Å²) in [5, 5.41) is 12.2. The van der Waals surface area contributed by atoms with Crippen LogP contribution >= 0.6 is 15.9 Å². The van der Waals surface area contributed by atoms with Crippen LogP contribution < -0.4 is 10.7 Å². The first-order valence-corrected chi connectivity index (χ1v) is 8.73. The first kappa shape index (κ1) is 16.7. The Bertz CT molecular complexity index is 1090. The van der Waals surface area contributed by atoms with Gasteiger partial charge in [-0.05, 0) is 53.0 Å². The third-order valence-corrected chi connectivity index (χ3v) is 4.75. The van der Waals surface area contributed by atoms with Crippen LogP contribution in [0.1, 0.15) is 29.2 Å². The van der Waals surface area contributed by atoms with Gasteiger partial charge in [0.15, 0.2) is 0 Å². The second-order valence-corrected chi connectivity index (χ2v) is 7.07. The van der Waals surface area contributed by atoms with E-state index in [9.17, 15) is 19.1 Å². The van der Waals surface area contributed by atoms with Crippen molar-refractivity contribution in [3.63, 3.8) is 0 Å². The predicted molar refractivity (Wildman–Crippen MR) is 98.6 cm³/mol. The molecule has 4 rings (SSSR count). The van der Waals surface area contributed by atoms with Crippen LogP contribution in [0.25, 0.3) is 10.9 Å². The average Bonchev–Trinajstić information content (AvgIpc) is 3.43. The molecule has 0 amide bonds. The van der Waals surface area contributed by atoms with E-state index >= 15 is 0 Å². The van der Waals surface area contributed by atoms with Crippen LogP contribution in [0.4, 0.5) is 15.9 Å². The van der Waals surface area contributed by atoms with Gasteiger partial charge in [0.1, 0.15) is 17.2 Å². The smallest absolute Gasteiger partial charge is 0.341 e. The molecule has 132 valence electrons. The molecule has 1 aliphatic rings. The Morgan fingerprint density at radius 3 is 2.73 bits per heavy atom. The topological polar surface area (TPSA) is 84.2 Å². The van der Waals surface area contributed by atoms with Gasteiger partial charge in [-0.3, -0.25) is 4.79 Å². The summed E-state index contributed by atoms with van der Waals surface area (Å²) < 4.78 is 17.1. The lowest BCUT2D eigenvalue weighted by atomic mass is 10.1. The fourth-order valence-corrected chi connectivity index (χ4v) is 3.09. The molecule has 2 aromatic heterocycles. The second-order valence-electron chi connectivity index (χ2n) is 6.15. The van der Waals surface area contributed by atoms with E-state index in [1.165, 1.54) is 12.3 Å². The molecule has 3 aromatic rings. The number of benzene rings is 1. The van der Waals surface area contributed by atoms with E-state index < -0.39 is 17.2 Å². The summed E-state index contributed by atoms with van der Waals surface area (Å²) >= 11 is 3.29. The number of carbonyl (C=O) groups is 1. The highest BCUT2D eigenvalue weighted by Crippen LogP contribution is 2.38. The van der Waals surface area contributed by atoms with Gasteiger partial charge in [0.05, 0.1) is 11.2 Å². The van der Waals surface area contributed by atoms with Gasteiger partial charge >= 0.3 is 5.97 Å². The molecule has 1 aliphatic carbocycles. The number of halogens is 2. The molecule has 0 unspecified atom stereocenters. The Morgan fingerprint density at radius 2 is 2.12 bits per heavy atom. The van der Waals surface area contributed by atoms with Crippen molar-refractivity contribution >= 4 is 44.3 Å². The first-order chi connectivity index (χ1) is 12.4. The van der Waals surface area contributed by atoms with Crippen LogP contribution in [-0.2, 0) is 0 Å². The van der Waals surface area contributed by atoms with Gasteiger partial charge in [-0.25, -0.2) is 14.2 Å². The summed E-state index contributed by atoms with van der Waals surface area (Å²) in [5.41, 5.74) is -0.358. The molecule has 1 saturated carbocycles. The van der Waals surface area contributed by atoms with Gasteiger partial charge in [0, 0.05) is 28.3 Å². The number of anilines is 2. The minimum Gasteiger partial charge on any atom is -0.477 e. The highest BCUT2D eigenvalue weighted by molar-refractivity contribution is 9.10. The van der Waals surface area contributed by atoms with Crippen molar-refractivity contribution in [2.45, 2.75) is 18.9 Å². The number of aromatic nitrogens is 2. The zero-order valence-corrected chi connectivity index (χ0v) is 15.0. The summed E-state index contributed by atoms with van der Waals surface area (Å²) in [6.45, 7) is 0. The number of hydrogen-bond donors (Lipinski definition) is 2. The normalized spacial score (nSPS) is 13.8. The van der Waals surface area contributed by atoms with Gasteiger partial charge in [0.25, 0.3) is 0 Å². The zero-order chi connectivity index (χ0) is 18.4. The summed E-state index contributed by atoms with van der Waals surface area (Å²) in [5.74, 6) is -1.51. The van der Waals surface area contributed by atoms with Crippen molar-refractivity contribution in [3.8, 4) is 0 Å². The Labute approximate surface area is 155 Å². The third-order valence-electron chi connectivity index (χ3n) is 4.28. The van der Waals surface area contributed by atoms with E-state index in [4.69, 9.17) is 0 Å². The Morgan fingerprint density at radius 1 is 1.35 bits per heavy atom. The van der Waals surface area contributed by atoms with Crippen molar-refractivity contribution < 1.29 is 14.3 Å². The lowest BCUT2D eigenvalue weighted by Gasteiger charge is -2.14. The monoisotopic (exact) mass is 417 g/mol. The average molecular weight is 418 g/mol. The van der Waals surface area contributed by atoms with Gasteiger partial charge in [-0.15, -0.1) is 0 Å². The molecule has 0 radical (unpaired) electrons. The van der Waals surface area contributed by atoms with Crippen LogP contribution in [0, 0.1) is 5.82 Å². The molecule has 8 heteroatoms. The molecule has 2 heterocycles. The molecular formula is C18H13BrFN3O3. The number of carboxylic acid groups (broad SMARTS) is 1. The van der Waals surface area contributed by atoms with Gasteiger partial charge < -0.3 is 15.0 Å². The molecular weight excluding hydrogens is 405 g/mol. The number of rotatable bonds is 4. The SMILES string of the molecule is O=C(O)c1cn(C2CC2)c2cc(Nc3ccc(Br)cn3)c(F)cc2c1=O. The summed E-state index contributed by atoms with van der Waals surface area (Å²) in [4.78, 5) is 27.9. The predicted octanol–water partition coefficient (Wildman–Crippen LogP) is 4.07. The maximum Gasteiger partial charge on any atom is 0.341 e. The molecule has 26 heavy (non-hydrogen) atoms. The van der Waals surface area contributed by atoms with E-state index in [0.29, 0.717) is 11.3 Å². The maximum absolute atomic E-state index is 14.6. The fraction of sp³-hybridized carbons (Fsp3) is 0.167. The summed E-state index contributed by atoms with van der Waals surface area (Å²) in [6, 6.07) is 6.20. The standard InChI is InChI=1S/C18H13BrFN3O3/c19-9-1-4-16(21-7-9)22-14-6-15-11(5-13(14)20)17(24)12(18(25)26)8-23(15)10-2-3-10/h1,4-8,10H,2-3H2,(H,21,22)(H,25,26). The minimum atomic E-state index is -1.31. The van der Waals surface area contributed by atoms with E-state index in [1.807, 2.05) is 0 Å². The van der Waals surface area contributed by atoms with Crippen LogP contribution in [0.5, 0.6) is 0 Å². The van der Waals surface area contributed by atoms with Crippen molar-refractivity contribution in [1.29, 1.82) is 0 Å². The van der Waals surface area contributed by atoms with Crippen molar-refractivity contribution in [1.82, 2.24) is 9.55 Å². The number of fused-ring (bicyclic) bond motifs is 1. The minimum absolute atomic E-state index is 0.0589. The van der Waals surface area contributed by atoms with E-state index in [0.717, 1.165) is 23.4 Å². The second kappa shape index (κ2) is 6.21. The molecule has 1 fully saturated rings. The van der Waals surface area contributed by atoms with Crippen LogP contribution in [0.3, 0.4) is 0 Å². The van der Waals surface area contributed by atoms with E-state index in [1.54, 1.807) is 22.9 Å². The van der Waals surface area contributed by atoms with Crippen LogP contribution in [-0.4, -0.2) is 20.6 Å². The first-order valence-electron chi connectivity index (χ1n) is 7.94. The fourth-order valence-electron chi connectivity index (χ4n) is 2.86. The zero-order valence-electron chi connectivity index (χ0n) is 13.4. The Balaban J connectivity index is 1.89. The molecule has 0 saturated heterocycles. The molecule has 0 bridgehead atoms. The molecule has 6 nitrogen and oxygen atoms in total. The molecule has 0 atom stereocenters. The quantitative estimate of drug-likeness (QED) is 0.667. The maximum atomic E-state index is 14.6. The largest absolute Gasteiger partial charge is 0.477 e. The number of nitrogens with zero attached hydrogens (tertiary/aromatic N) is 2. The number of carboxylic acids is 1.